The molecule has 0 fully saturated rings. The van der Waals surface area contributed by atoms with Gasteiger partial charge in [-0.25, -0.2) is 5.43 Å². The zero-order valence-corrected chi connectivity index (χ0v) is 11.1. The summed E-state index contributed by atoms with van der Waals surface area (Å²) in [6, 6.07) is 8.60. The lowest BCUT2D eigenvalue weighted by molar-refractivity contribution is -0.120. The first kappa shape index (κ1) is 14.3. The van der Waals surface area contributed by atoms with Gasteiger partial charge in [0.2, 0.25) is 0 Å². The SMILES string of the molecule is O=C(CNC(=O)c1cccnc1)N/N=C\c1ccccn1. The molecular weight excluding hydrogens is 270 g/mol. The molecule has 0 unspecified atom stereocenters. The van der Waals surface area contributed by atoms with Gasteiger partial charge >= 0.3 is 0 Å². The molecule has 7 heteroatoms. The Morgan fingerprint density at radius 3 is 2.81 bits per heavy atom. The van der Waals surface area contributed by atoms with Crippen LogP contribution in [0, 0.1) is 0 Å². The first-order valence-corrected chi connectivity index (χ1v) is 6.17. The fourth-order valence-corrected chi connectivity index (χ4v) is 1.42. The maximum atomic E-state index is 11.7. The van der Waals surface area contributed by atoms with Crippen LogP contribution in [0.15, 0.2) is 54.0 Å². The Morgan fingerprint density at radius 1 is 1.19 bits per heavy atom. The van der Waals surface area contributed by atoms with Crippen LogP contribution >= 0.6 is 0 Å². The Hall–Kier alpha value is -3.09. The number of hydrogen-bond donors (Lipinski definition) is 2. The largest absolute Gasteiger partial charge is 0.343 e. The van der Waals surface area contributed by atoms with Crippen LogP contribution in [0.3, 0.4) is 0 Å². The van der Waals surface area contributed by atoms with Crippen molar-refractivity contribution in [3.8, 4) is 0 Å². The molecule has 2 amide bonds. The molecule has 0 bridgehead atoms. The molecule has 0 aliphatic carbocycles. The van der Waals surface area contributed by atoms with E-state index in [2.05, 4.69) is 25.8 Å². The summed E-state index contributed by atoms with van der Waals surface area (Å²) in [6.45, 7) is -0.173. The molecular formula is C14H13N5O2. The highest BCUT2D eigenvalue weighted by atomic mass is 16.2. The van der Waals surface area contributed by atoms with Gasteiger partial charge in [-0.05, 0) is 24.3 Å². The van der Waals surface area contributed by atoms with Crippen molar-refractivity contribution in [3.05, 3.63) is 60.2 Å². The average molecular weight is 283 g/mol. The van der Waals surface area contributed by atoms with E-state index in [1.54, 1.807) is 36.7 Å². The molecule has 0 aliphatic heterocycles. The van der Waals surface area contributed by atoms with Gasteiger partial charge in [-0.2, -0.15) is 5.10 Å². The number of nitrogens with one attached hydrogen (secondary N) is 2. The molecule has 0 aromatic carbocycles. The summed E-state index contributed by atoms with van der Waals surface area (Å²) in [5.41, 5.74) is 3.31. The second-order valence-electron chi connectivity index (χ2n) is 3.97. The number of hydrazone groups is 1. The summed E-state index contributed by atoms with van der Waals surface area (Å²) >= 11 is 0. The third-order valence-corrected chi connectivity index (χ3v) is 2.41. The number of carbonyl (C=O) groups excluding carboxylic acids is 2. The molecule has 21 heavy (non-hydrogen) atoms. The number of aromatic nitrogens is 2. The summed E-state index contributed by atoms with van der Waals surface area (Å²) < 4.78 is 0. The van der Waals surface area contributed by atoms with Gasteiger partial charge in [0.05, 0.1) is 24.0 Å². The second-order valence-corrected chi connectivity index (χ2v) is 3.97. The fourth-order valence-electron chi connectivity index (χ4n) is 1.42. The maximum absolute atomic E-state index is 11.7. The van der Waals surface area contributed by atoms with Crippen molar-refractivity contribution in [1.29, 1.82) is 0 Å². The van der Waals surface area contributed by atoms with Crippen molar-refractivity contribution in [3.63, 3.8) is 0 Å². The minimum absolute atomic E-state index is 0.173. The molecule has 2 heterocycles. The Morgan fingerprint density at radius 2 is 2.10 bits per heavy atom. The van der Waals surface area contributed by atoms with Crippen molar-refractivity contribution >= 4 is 18.0 Å². The van der Waals surface area contributed by atoms with Crippen LogP contribution in [0.1, 0.15) is 16.1 Å². The van der Waals surface area contributed by atoms with Crippen LogP contribution in [-0.4, -0.2) is 34.5 Å². The van der Waals surface area contributed by atoms with Gasteiger partial charge in [-0.1, -0.05) is 6.07 Å². The summed E-state index contributed by atoms with van der Waals surface area (Å²) in [6.07, 6.45) is 6.03. The number of carbonyl (C=O) groups is 2. The van der Waals surface area contributed by atoms with Crippen LogP contribution in [-0.2, 0) is 4.79 Å². The van der Waals surface area contributed by atoms with Gasteiger partial charge in [-0.15, -0.1) is 0 Å². The highest BCUT2D eigenvalue weighted by molar-refractivity contribution is 5.96. The van der Waals surface area contributed by atoms with Crippen LogP contribution in [0.4, 0.5) is 0 Å². The molecule has 0 saturated heterocycles. The second kappa shape index (κ2) is 7.49. The minimum Gasteiger partial charge on any atom is -0.343 e. The lowest BCUT2D eigenvalue weighted by Crippen LogP contribution is -2.34. The third kappa shape index (κ3) is 4.83. The van der Waals surface area contributed by atoms with Crippen molar-refractivity contribution in [2.45, 2.75) is 0 Å². The molecule has 0 aliphatic rings. The average Bonchev–Trinajstić information content (AvgIpc) is 2.54. The highest BCUT2D eigenvalue weighted by Crippen LogP contribution is 1.94. The zero-order chi connectivity index (χ0) is 14.9. The first-order valence-electron chi connectivity index (χ1n) is 6.17. The zero-order valence-electron chi connectivity index (χ0n) is 11.1. The molecule has 2 rings (SSSR count). The lowest BCUT2D eigenvalue weighted by atomic mass is 10.3. The van der Waals surface area contributed by atoms with Crippen LogP contribution in [0.25, 0.3) is 0 Å². The summed E-state index contributed by atoms with van der Waals surface area (Å²) in [4.78, 5) is 31.0. The van der Waals surface area contributed by atoms with E-state index in [0.717, 1.165) is 0 Å². The van der Waals surface area contributed by atoms with Crippen molar-refractivity contribution < 1.29 is 9.59 Å². The number of nitrogens with zero attached hydrogens (tertiary/aromatic N) is 3. The molecule has 0 saturated carbocycles. The Balaban J connectivity index is 1.75. The van der Waals surface area contributed by atoms with E-state index in [4.69, 9.17) is 0 Å². The number of hydrogen-bond acceptors (Lipinski definition) is 5. The Labute approximate surface area is 121 Å². The summed E-state index contributed by atoms with van der Waals surface area (Å²) in [7, 11) is 0. The summed E-state index contributed by atoms with van der Waals surface area (Å²) in [5, 5.41) is 6.21. The number of rotatable bonds is 5. The molecule has 2 N–H and O–H groups in total. The molecule has 106 valence electrons. The number of pyridine rings is 2. The fraction of sp³-hybridized carbons (Fsp3) is 0.0714. The molecule has 2 aromatic rings. The molecule has 0 radical (unpaired) electrons. The predicted molar refractivity (Wildman–Crippen MR) is 76.5 cm³/mol. The molecule has 2 aromatic heterocycles. The van der Waals surface area contributed by atoms with E-state index >= 15 is 0 Å². The van der Waals surface area contributed by atoms with Crippen molar-refractivity contribution in [2.75, 3.05) is 6.54 Å². The lowest BCUT2D eigenvalue weighted by Gasteiger charge is -2.03. The summed E-state index contributed by atoms with van der Waals surface area (Å²) in [5.74, 6) is -0.800. The predicted octanol–water partition coefficient (Wildman–Crippen LogP) is 0.357. The standard InChI is InChI=1S/C14H13N5O2/c20-13(19-18-9-12-5-1-2-7-16-12)10-17-14(21)11-4-3-6-15-8-11/h1-9H,10H2,(H,17,21)(H,19,20)/b18-9-. The monoisotopic (exact) mass is 283 g/mol. The van der Waals surface area contributed by atoms with Gasteiger partial charge < -0.3 is 5.32 Å². The molecule has 0 spiro atoms. The Bertz CT molecular complexity index is 628. The normalized spacial score (nSPS) is 10.3. The van der Waals surface area contributed by atoms with E-state index in [1.807, 2.05) is 6.07 Å². The van der Waals surface area contributed by atoms with E-state index in [1.165, 1.54) is 12.4 Å². The van der Waals surface area contributed by atoms with Crippen LogP contribution < -0.4 is 10.7 Å². The number of amides is 2. The van der Waals surface area contributed by atoms with E-state index in [0.29, 0.717) is 11.3 Å². The smallest absolute Gasteiger partial charge is 0.259 e. The van der Waals surface area contributed by atoms with Gasteiger partial charge in [0.1, 0.15) is 0 Å². The van der Waals surface area contributed by atoms with Gasteiger partial charge in [0.15, 0.2) is 0 Å². The van der Waals surface area contributed by atoms with Gasteiger partial charge in [-0.3, -0.25) is 19.6 Å². The van der Waals surface area contributed by atoms with Gasteiger partial charge in [0.25, 0.3) is 11.8 Å². The van der Waals surface area contributed by atoms with Crippen LogP contribution in [0.5, 0.6) is 0 Å². The van der Waals surface area contributed by atoms with Crippen molar-refractivity contribution in [2.24, 2.45) is 5.10 Å². The maximum Gasteiger partial charge on any atom is 0.259 e. The van der Waals surface area contributed by atoms with Gasteiger partial charge in [0, 0.05) is 18.6 Å². The van der Waals surface area contributed by atoms with Crippen molar-refractivity contribution in [1.82, 2.24) is 20.7 Å². The van der Waals surface area contributed by atoms with Crippen LogP contribution in [0.2, 0.25) is 0 Å². The molecule has 0 atom stereocenters. The topological polar surface area (TPSA) is 96.3 Å². The molecule has 7 nitrogen and oxygen atoms in total. The first-order chi connectivity index (χ1) is 10.3. The highest BCUT2D eigenvalue weighted by Gasteiger charge is 2.06. The van der Waals surface area contributed by atoms with E-state index in [9.17, 15) is 9.59 Å². The minimum atomic E-state index is -0.431. The van der Waals surface area contributed by atoms with E-state index < -0.39 is 5.91 Å². The third-order valence-electron chi connectivity index (χ3n) is 2.41. The quantitative estimate of drug-likeness (QED) is 0.611. The Kier molecular flexibility index (Phi) is 5.11. The van der Waals surface area contributed by atoms with E-state index in [-0.39, 0.29) is 12.5 Å².